The van der Waals surface area contributed by atoms with Gasteiger partial charge in [-0.15, -0.1) is 0 Å². The van der Waals surface area contributed by atoms with E-state index >= 15 is 0 Å². The lowest BCUT2D eigenvalue weighted by molar-refractivity contribution is -0.196. The third-order valence-electron chi connectivity index (χ3n) is 7.26. The number of rotatable bonds is 17. The van der Waals surface area contributed by atoms with Gasteiger partial charge in [-0.1, -0.05) is 12.8 Å². The molecule has 0 aliphatic carbocycles. The molecule has 0 radical (unpaired) electrons. The van der Waals surface area contributed by atoms with Crippen molar-refractivity contribution in [2.45, 2.75) is 96.2 Å². The summed E-state index contributed by atoms with van der Waals surface area (Å²) in [4.78, 5) is 24.2. The third kappa shape index (κ3) is 10.1. The fraction of sp³-hybridized carbons (Fsp3) is 0.786. The van der Waals surface area contributed by atoms with Crippen LogP contribution in [0.2, 0.25) is 0 Å². The van der Waals surface area contributed by atoms with Gasteiger partial charge in [0, 0.05) is 26.2 Å². The summed E-state index contributed by atoms with van der Waals surface area (Å²) in [7, 11) is -4.02. The average molecular weight is 673 g/mol. The van der Waals surface area contributed by atoms with Crippen LogP contribution in [0.15, 0.2) is 12.7 Å². The van der Waals surface area contributed by atoms with Crippen molar-refractivity contribution in [3.8, 4) is 0 Å². The second kappa shape index (κ2) is 15.5. The van der Waals surface area contributed by atoms with Crippen LogP contribution in [0.4, 0.5) is 10.6 Å². The molecule has 2 saturated heterocycles. The highest BCUT2D eigenvalue weighted by Gasteiger charge is 2.56. The van der Waals surface area contributed by atoms with Gasteiger partial charge in [0.25, 0.3) is 10.2 Å². The van der Waals surface area contributed by atoms with E-state index in [0.29, 0.717) is 50.6 Å². The quantitative estimate of drug-likeness (QED) is 0.203. The Morgan fingerprint density at radius 3 is 2.46 bits per heavy atom. The molecule has 17 nitrogen and oxygen atoms in total. The molecule has 4 rings (SSSR count). The number of nitrogens with two attached hydrogens (primary N) is 2. The van der Waals surface area contributed by atoms with Crippen LogP contribution in [-0.4, -0.2) is 114 Å². The van der Waals surface area contributed by atoms with Gasteiger partial charge >= 0.3 is 6.09 Å². The number of hydrogen-bond donors (Lipinski definition) is 3. The van der Waals surface area contributed by atoms with Crippen molar-refractivity contribution < 1.29 is 41.6 Å². The highest BCUT2D eigenvalue weighted by Crippen LogP contribution is 2.44. The second-order valence-corrected chi connectivity index (χ2v) is 14.2. The zero-order chi connectivity index (χ0) is 33.5. The molecule has 0 aromatic carbocycles. The summed E-state index contributed by atoms with van der Waals surface area (Å²) in [6, 6.07) is 0. The van der Waals surface area contributed by atoms with Crippen molar-refractivity contribution in [2.24, 2.45) is 5.14 Å². The monoisotopic (exact) mass is 672 g/mol. The first-order valence-electron chi connectivity index (χ1n) is 15.5. The first-order chi connectivity index (χ1) is 21.6. The Bertz CT molecular complexity index is 1400. The van der Waals surface area contributed by atoms with Crippen molar-refractivity contribution in [1.29, 1.82) is 0 Å². The largest absolute Gasteiger partial charge is 0.444 e. The van der Waals surface area contributed by atoms with Gasteiger partial charge in [0.1, 0.15) is 35.8 Å². The van der Waals surface area contributed by atoms with Crippen LogP contribution in [0.3, 0.4) is 0 Å². The Labute approximate surface area is 269 Å². The summed E-state index contributed by atoms with van der Waals surface area (Å²) >= 11 is 0. The van der Waals surface area contributed by atoms with Gasteiger partial charge < -0.3 is 39.5 Å². The first-order valence-corrected chi connectivity index (χ1v) is 17.0. The average Bonchev–Trinajstić information content (AvgIpc) is 3.60. The lowest BCUT2D eigenvalue weighted by Crippen LogP contribution is -2.45. The van der Waals surface area contributed by atoms with Crippen LogP contribution in [0.1, 0.15) is 66.5 Å². The van der Waals surface area contributed by atoms with Crippen LogP contribution >= 0.6 is 0 Å². The molecule has 4 heterocycles. The lowest BCUT2D eigenvalue weighted by Gasteiger charge is -2.27. The van der Waals surface area contributed by atoms with Crippen molar-refractivity contribution >= 4 is 33.3 Å². The van der Waals surface area contributed by atoms with Crippen LogP contribution < -0.4 is 16.2 Å². The van der Waals surface area contributed by atoms with Crippen molar-refractivity contribution in [3.63, 3.8) is 0 Å². The van der Waals surface area contributed by atoms with Gasteiger partial charge in [0.2, 0.25) is 0 Å². The molecule has 0 bridgehead atoms. The van der Waals surface area contributed by atoms with E-state index in [2.05, 4.69) is 20.3 Å². The van der Waals surface area contributed by atoms with Crippen LogP contribution in [0.25, 0.3) is 11.2 Å². The van der Waals surface area contributed by atoms with E-state index in [1.165, 1.54) is 10.6 Å². The molecule has 2 aromatic rings. The number of hydrogen-bond acceptors (Lipinski definition) is 13. The molecule has 2 aromatic heterocycles. The summed E-state index contributed by atoms with van der Waals surface area (Å²) in [5.41, 5.74) is 6.32. The second-order valence-electron chi connectivity index (χ2n) is 12.7. The number of carbonyl (C=O) groups is 1. The van der Waals surface area contributed by atoms with Gasteiger partial charge in [-0.25, -0.2) is 24.9 Å². The summed E-state index contributed by atoms with van der Waals surface area (Å²) in [5.74, 6) is -0.666. The molecule has 5 N–H and O–H groups in total. The SMILES string of the molecule is CC(C)(C)OC(=O)NCCOCCOCCCCCCN(C[C@H]1O[C@@H](n2cnc3c(N)ncnc32)[C@@H]2OC(C)(C)O[C@@H]21)S(N)(=O)=O. The lowest BCUT2D eigenvalue weighted by atomic mass is 10.1. The number of aromatic nitrogens is 4. The topological polar surface area (TPSA) is 217 Å². The fourth-order valence-corrected chi connectivity index (χ4v) is 6.05. The smallest absolute Gasteiger partial charge is 0.407 e. The summed E-state index contributed by atoms with van der Waals surface area (Å²) in [6.07, 6.45) is 3.06. The Hall–Kier alpha value is -2.71. The van der Waals surface area contributed by atoms with E-state index in [4.69, 9.17) is 39.3 Å². The predicted molar refractivity (Wildman–Crippen MR) is 166 cm³/mol. The maximum absolute atomic E-state index is 12.6. The van der Waals surface area contributed by atoms with E-state index in [9.17, 15) is 13.2 Å². The molecule has 0 unspecified atom stereocenters. The zero-order valence-corrected chi connectivity index (χ0v) is 28.0. The molecule has 1 amide bonds. The minimum atomic E-state index is -4.02. The molecular formula is C28H48N8O9S. The number of unbranched alkanes of at least 4 members (excludes halogenated alkanes) is 3. The number of carbonyl (C=O) groups excluding carboxylic acids is 1. The van der Waals surface area contributed by atoms with Crippen molar-refractivity contribution in [2.75, 3.05) is 51.8 Å². The van der Waals surface area contributed by atoms with Gasteiger partial charge in [0.15, 0.2) is 23.5 Å². The maximum Gasteiger partial charge on any atom is 0.407 e. The molecule has 260 valence electrons. The van der Waals surface area contributed by atoms with Gasteiger partial charge in [0.05, 0.1) is 26.1 Å². The summed E-state index contributed by atoms with van der Waals surface area (Å²) < 4.78 is 62.9. The first kappa shape index (κ1) is 36.1. The number of anilines is 1. The van der Waals surface area contributed by atoms with E-state index in [-0.39, 0.29) is 18.9 Å². The highest BCUT2D eigenvalue weighted by molar-refractivity contribution is 7.86. The minimum Gasteiger partial charge on any atom is -0.444 e. The Morgan fingerprint density at radius 1 is 1.04 bits per heavy atom. The number of amides is 1. The molecule has 0 saturated carbocycles. The molecular weight excluding hydrogens is 624 g/mol. The Balaban J connectivity index is 1.17. The number of fused-ring (bicyclic) bond motifs is 2. The van der Waals surface area contributed by atoms with E-state index in [1.54, 1.807) is 45.5 Å². The molecule has 2 aliphatic heterocycles. The zero-order valence-electron chi connectivity index (χ0n) is 27.2. The Kier molecular flexibility index (Phi) is 12.1. The number of ether oxygens (including phenoxy) is 6. The molecule has 46 heavy (non-hydrogen) atoms. The van der Waals surface area contributed by atoms with Crippen LogP contribution in [0.5, 0.6) is 0 Å². The number of nitrogens with one attached hydrogen (secondary N) is 1. The standard InChI is InChI=1S/C28H48N8O9S/c1-27(2,3)45-26(37)31-10-13-41-15-14-40-12-9-7-6-8-11-35(46(30,38)39)16-19-21-22(44-28(4,5)43-21)25(42-19)36-18-34-20-23(29)32-17-33-24(20)36/h17-19,21-22,25H,6-16H2,1-5H3,(H,31,37)(H2,29,32,33)(H2,30,38,39)/t19-,21-,22-,25-/m1/s1. The van der Waals surface area contributed by atoms with E-state index in [1.807, 2.05) is 0 Å². The molecule has 2 fully saturated rings. The molecule has 0 spiro atoms. The number of imidazole rings is 1. The predicted octanol–water partition coefficient (Wildman–Crippen LogP) is 1.45. The summed E-state index contributed by atoms with van der Waals surface area (Å²) in [6.45, 7) is 11.4. The van der Waals surface area contributed by atoms with Crippen LogP contribution in [-0.2, 0) is 38.6 Å². The molecule has 2 aliphatic rings. The van der Waals surface area contributed by atoms with Crippen molar-refractivity contribution in [3.05, 3.63) is 12.7 Å². The third-order valence-corrected chi connectivity index (χ3v) is 8.31. The Morgan fingerprint density at radius 2 is 1.74 bits per heavy atom. The number of alkyl carbamates (subject to hydrolysis) is 1. The van der Waals surface area contributed by atoms with Gasteiger partial charge in [-0.3, -0.25) is 4.57 Å². The fourth-order valence-electron chi connectivity index (χ4n) is 5.32. The molecule has 4 atom stereocenters. The normalized spacial score (nSPS) is 22.8. The van der Waals surface area contributed by atoms with Crippen molar-refractivity contribution in [1.82, 2.24) is 29.1 Å². The van der Waals surface area contributed by atoms with E-state index < -0.39 is 52.2 Å². The minimum absolute atomic E-state index is 0.00387. The summed E-state index contributed by atoms with van der Waals surface area (Å²) in [5, 5.41) is 8.24. The van der Waals surface area contributed by atoms with E-state index in [0.717, 1.165) is 19.3 Å². The maximum atomic E-state index is 12.6. The molecule has 18 heteroatoms. The van der Waals surface area contributed by atoms with Crippen LogP contribution in [0, 0.1) is 0 Å². The highest BCUT2D eigenvalue weighted by atomic mass is 32.2. The number of nitrogens with zero attached hydrogens (tertiary/aromatic N) is 5. The van der Waals surface area contributed by atoms with Gasteiger partial charge in [-0.05, 0) is 47.5 Å². The number of nitrogen functional groups attached to an aromatic ring is 1. The van der Waals surface area contributed by atoms with Gasteiger partial charge in [-0.2, -0.15) is 12.7 Å².